The van der Waals surface area contributed by atoms with E-state index in [9.17, 15) is 4.79 Å². The van der Waals surface area contributed by atoms with Crippen LogP contribution in [0.5, 0.6) is 5.75 Å². The van der Waals surface area contributed by atoms with Crippen molar-refractivity contribution in [2.45, 2.75) is 0 Å². The molecule has 2 rings (SSSR count). The quantitative estimate of drug-likeness (QED) is 0.811. The average Bonchev–Trinajstić information content (AvgIpc) is 2.27. The van der Waals surface area contributed by atoms with Crippen LogP contribution in [0.15, 0.2) is 30.3 Å². The summed E-state index contributed by atoms with van der Waals surface area (Å²) in [5, 5.41) is 10.6. The highest BCUT2D eigenvalue weighted by atomic mass is 16.5. The van der Waals surface area contributed by atoms with Gasteiger partial charge in [0, 0.05) is 6.07 Å². The van der Waals surface area contributed by atoms with Crippen LogP contribution in [0.2, 0.25) is 0 Å². The first-order valence-corrected chi connectivity index (χ1v) is 4.44. The molecule has 0 spiro atoms. The van der Waals surface area contributed by atoms with E-state index < -0.39 is 5.97 Å². The fourth-order valence-electron chi connectivity index (χ4n) is 1.47. The lowest BCUT2D eigenvalue weighted by atomic mass is 10.1. The molecule has 3 heteroatoms. The second-order valence-electron chi connectivity index (χ2n) is 3.11. The molecule has 0 aromatic heterocycles. The standard InChI is InChI=1S/C12H9O3/c1-15-11-7-9-5-3-2-4-8(9)6-10(11)12(13)14/h2-6H,1H3,(H,13,14). The predicted octanol–water partition coefficient (Wildman–Crippen LogP) is 2.35. The Morgan fingerprint density at radius 2 is 2.13 bits per heavy atom. The number of benzene rings is 2. The number of carbonyl (C=O) groups is 1. The Kier molecular flexibility index (Phi) is 2.29. The van der Waals surface area contributed by atoms with E-state index in [0.29, 0.717) is 0 Å². The molecule has 75 valence electrons. The Morgan fingerprint density at radius 3 is 2.80 bits per heavy atom. The molecule has 0 amide bonds. The number of carboxylic acid groups (broad SMARTS) is 1. The third kappa shape index (κ3) is 1.64. The molecule has 0 fully saturated rings. The van der Waals surface area contributed by atoms with Gasteiger partial charge in [-0.05, 0) is 16.8 Å². The van der Waals surface area contributed by atoms with Gasteiger partial charge in [-0.3, -0.25) is 0 Å². The van der Waals surface area contributed by atoms with Crippen molar-refractivity contribution in [2.24, 2.45) is 0 Å². The number of rotatable bonds is 2. The number of hydrogen-bond acceptors (Lipinski definition) is 2. The van der Waals surface area contributed by atoms with E-state index in [2.05, 4.69) is 6.07 Å². The van der Waals surface area contributed by atoms with Gasteiger partial charge in [0.15, 0.2) is 0 Å². The molecule has 0 saturated carbocycles. The SMILES string of the molecule is COc1[c]c2ccccc2cc1C(=O)O. The molecule has 0 bridgehead atoms. The second kappa shape index (κ2) is 3.61. The Bertz CT molecular complexity index is 517. The van der Waals surface area contributed by atoms with E-state index in [4.69, 9.17) is 9.84 Å². The van der Waals surface area contributed by atoms with Gasteiger partial charge < -0.3 is 9.84 Å². The van der Waals surface area contributed by atoms with E-state index in [0.717, 1.165) is 10.8 Å². The molecule has 0 aliphatic heterocycles. The zero-order valence-electron chi connectivity index (χ0n) is 8.15. The lowest BCUT2D eigenvalue weighted by molar-refractivity contribution is 0.0693. The van der Waals surface area contributed by atoms with E-state index >= 15 is 0 Å². The fraction of sp³-hybridized carbons (Fsp3) is 0.0833. The molecule has 0 heterocycles. The summed E-state index contributed by atoms with van der Waals surface area (Å²) < 4.78 is 4.98. The maximum Gasteiger partial charge on any atom is 0.339 e. The molecular formula is C12H9O3. The maximum absolute atomic E-state index is 10.9. The van der Waals surface area contributed by atoms with Crippen molar-refractivity contribution in [1.82, 2.24) is 0 Å². The molecule has 0 atom stereocenters. The average molecular weight is 201 g/mol. The van der Waals surface area contributed by atoms with E-state index in [1.807, 2.05) is 24.3 Å². The lowest BCUT2D eigenvalue weighted by Crippen LogP contribution is -2.00. The van der Waals surface area contributed by atoms with Crippen LogP contribution in [0.3, 0.4) is 0 Å². The number of fused-ring (bicyclic) bond motifs is 1. The van der Waals surface area contributed by atoms with Gasteiger partial charge in [0.1, 0.15) is 11.3 Å². The number of hydrogen-bond donors (Lipinski definition) is 1. The van der Waals surface area contributed by atoms with E-state index in [-0.39, 0.29) is 11.3 Å². The monoisotopic (exact) mass is 201 g/mol. The Labute approximate surface area is 86.9 Å². The molecule has 3 nitrogen and oxygen atoms in total. The summed E-state index contributed by atoms with van der Waals surface area (Å²) in [5.41, 5.74) is 0.135. The minimum Gasteiger partial charge on any atom is -0.495 e. The van der Waals surface area contributed by atoms with Crippen molar-refractivity contribution in [3.8, 4) is 5.75 Å². The van der Waals surface area contributed by atoms with Crippen molar-refractivity contribution in [2.75, 3.05) is 7.11 Å². The van der Waals surface area contributed by atoms with Crippen molar-refractivity contribution in [1.29, 1.82) is 0 Å². The van der Waals surface area contributed by atoms with Gasteiger partial charge in [0.25, 0.3) is 0 Å². The molecule has 0 unspecified atom stereocenters. The summed E-state index contributed by atoms with van der Waals surface area (Å²) in [5.74, 6) is -0.741. The number of carboxylic acids is 1. The summed E-state index contributed by atoms with van der Waals surface area (Å²) in [4.78, 5) is 10.9. The van der Waals surface area contributed by atoms with Crippen LogP contribution in [-0.2, 0) is 0 Å². The predicted molar refractivity (Wildman–Crippen MR) is 56.3 cm³/mol. The summed E-state index contributed by atoms with van der Waals surface area (Å²) in [6.07, 6.45) is 0. The van der Waals surface area contributed by atoms with Crippen LogP contribution in [0.1, 0.15) is 10.4 Å². The summed E-state index contributed by atoms with van der Waals surface area (Å²) in [6.45, 7) is 0. The topological polar surface area (TPSA) is 46.5 Å². The first-order chi connectivity index (χ1) is 7.22. The van der Waals surface area contributed by atoms with Crippen LogP contribution in [-0.4, -0.2) is 18.2 Å². The zero-order chi connectivity index (χ0) is 10.8. The van der Waals surface area contributed by atoms with Gasteiger partial charge >= 0.3 is 5.97 Å². The van der Waals surface area contributed by atoms with Gasteiger partial charge in [0.05, 0.1) is 7.11 Å². The first kappa shape index (κ1) is 9.52. The van der Waals surface area contributed by atoms with Crippen LogP contribution < -0.4 is 4.74 Å². The third-order valence-electron chi connectivity index (χ3n) is 2.19. The minimum atomic E-state index is -1.01. The molecule has 1 radical (unpaired) electrons. The minimum absolute atomic E-state index is 0.135. The Balaban J connectivity index is 2.74. The van der Waals surface area contributed by atoms with Crippen LogP contribution in [0.4, 0.5) is 0 Å². The van der Waals surface area contributed by atoms with Crippen molar-refractivity contribution in [3.05, 3.63) is 42.0 Å². The number of aromatic carboxylic acids is 1. The number of ether oxygens (including phenoxy) is 1. The molecule has 0 saturated heterocycles. The van der Waals surface area contributed by atoms with Gasteiger partial charge in [-0.15, -0.1) is 0 Å². The highest BCUT2D eigenvalue weighted by Crippen LogP contribution is 2.24. The molecule has 1 N–H and O–H groups in total. The van der Waals surface area contributed by atoms with E-state index in [1.54, 1.807) is 6.07 Å². The number of methoxy groups -OCH3 is 1. The normalized spacial score (nSPS) is 10.2. The highest BCUT2D eigenvalue weighted by Gasteiger charge is 2.11. The largest absolute Gasteiger partial charge is 0.495 e. The molecular weight excluding hydrogens is 192 g/mol. The van der Waals surface area contributed by atoms with Gasteiger partial charge in [0.2, 0.25) is 0 Å². The summed E-state index contributed by atoms with van der Waals surface area (Å²) >= 11 is 0. The van der Waals surface area contributed by atoms with E-state index in [1.165, 1.54) is 7.11 Å². The molecule has 2 aromatic rings. The van der Waals surface area contributed by atoms with Crippen molar-refractivity contribution < 1.29 is 14.6 Å². The van der Waals surface area contributed by atoms with Gasteiger partial charge in [-0.1, -0.05) is 24.3 Å². The second-order valence-corrected chi connectivity index (χ2v) is 3.11. The zero-order valence-corrected chi connectivity index (χ0v) is 8.15. The molecule has 0 aliphatic carbocycles. The van der Waals surface area contributed by atoms with Gasteiger partial charge in [-0.2, -0.15) is 0 Å². The Hall–Kier alpha value is -2.03. The van der Waals surface area contributed by atoms with Gasteiger partial charge in [-0.25, -0.2) is 4.79 Å². The first-order valence-electron chi connectivity index (χ1n) is 4.44. The highest BCUT2D eigenvalue weighted by molar-refractivity contribution is 5.97. The lowest BCUT2D eigenvalue weighted by Gasteiger charge is -2.05. The fourth-order valence-corrected chi connectivity index (χ4v) is 1.47. The van der Waals surface area contributed by atoms with Crippen molar-refractivity contribution >= 4 is 16.7 Å². The Morgan fingerprint density at radius 1 is 1.40 bits per heavy atom. The maximum atomic E-state index is 10.9. The third-order valence-corrected chi connectivity index (χ3v) is 2.19. The van der Waals surface area contributed by atoms with Crippen molar-refractivity contribution in [3.63, 3.8) is 0 Å². The summed E-state index contributed by atoms with van der Waals surface area (Å²) in [6, 6.07) is 12.0. The molecule has 2 aromatic carbocycles. The van der Waals surface area contributed by atoms with Crippen LogP contribution in [0, 0.1) is 6.07 Å². The molecule has 0 aliphatic rings. The molecule has 15 heavy (non-hydrogen) atoms. The van der Waals surface area contributed by atoms with Crippen LogP contribution >= 0.6 is 0 Å². The smallest absolute Gasteiger partial charge is 0.339 e. The summed E-state index contributed by atoms with van der Waals surface area (Å²) in [7, 11) is 1.44. The van der Waals surface area contributed by atoms with Crippen LogP contribution in [0.25, 0.3) is 10.8 Å².